The third-order valence-corrected chi connectivity index (χ3v) is 2.82. The molecule has 70 valence electrons. The minimum Gasteiger partial charge on any atom is -0.375 e. The number of thiophene rings is 1. The molecule has 0 aliphatic heterocycles. The Morgan fingerprint density at radius 2 is 2.46 bits per heavy atom. The summed E-state index contributed by atoms with van der Waals surface area (Å²) in [7, 11) is 0. The fourth-order valence-electron chi connectivity index (χ4n) is 0.742. The molecular weight excluding hydrogens is 226 g/mol. The zero-order valence-electron chi connectivity index (χ0n) is 6.87. The number of nitrogens with two attached hydrogens (primary N) is 1. The predicted octanol–water partition coefficient (Wildman–Crippen LogP) is 1.96. The topological polar surface area (TPSA) is 50.4 Å². The van der Waals surface area contributed by atoms with Crippen molar-refractivity contribution in [2.45, 2.75) is 6.92 Å². The first-order chi connectivity index (χ1) is 6.11. The van der Waals surface area contributed by atoms with Gasteiger partial charge in [-0.25, -0.2) is 0 Å². The first kappa shape index (κ1) is 10.4. The van der Waals surface area contributed by atoms with E-state index in [9.17, 15) is 0 Å². The van der Waals surface area contributed by atoms with Crippen molar-refractivity contribution in [2.24, 2.45) is 10.8 Å². The number of hydrazone groups is 1. The van der Waals surface area contributed by atoms with Crippen molar-refractivity contribution in [3.05, 3.63) is 21.3 Å². The molecule has 0 aromatic carbocycles. The fourth-order valence-corrected chi connectivity index (χ4v) is 1.93. The molecule has 0 spiro atoms. The monoisotopic (exact) mass is 233 g/mol. The molecule has 0 unspecified atom stereocenters. The normalized spacial score (nSPS) is 11.4. The van der Waals surface area contributed by atoms with E-state index in [0.717, 1.165) is 10.6 Å². The van der Waals surface area contributed by atoms with Crippen LogP contribution in [0.15, 0.2) is 16.5 Å². The highest BCUT2D eigenvalue weighted by molar-refractivity contribution is 7.80. The number of hydrogen-bond donors (Lipinski definition) is 2. The summed E-state index contributed by atoms with van der Waals surface area (Å²) in [4.78, 5) is 0.922. The van der Waals surface area contributed by atoms with E-state index < -0.39 is 0 Å². The van der Waals surface area contributed by atoms with Gasteiger partial charge in [0.1, 0.15) is 0 Å². The van der Waals surface area contributed by atoms with E-state index >= 15 is 0 Å². The van der Waals surface area contributed by atoms with Crippen LogP contribution in [-0.4, -0.2) is 10.8 Å². The zero-order chi connectivity index (χ0) is 9.84. The summed E-state index contributed by atoms with van der Waals surface area (Å²) in [5.41, 5.74) is 8.49. The third kappa shape index (κ3) is 2.95. The lowest BCUT2D eigenvalue weighted by atomic mass is 10.3. The van der Waals surface area contributed by atoms with Crippen LogP contribution in [0.25, 0.3) is 0 Å². The second-order valence-electron chi connectivity index (χ2n) is 2.27. The van der Waals surface area contributed by atoms with Gasteiger partial charge in [0.2, 0.25) is 0 Å². The molecule has 0 amide bonds. The fraction of sp³-hybridized carbons (Fsp3) is 0.143. The van der Waals surface area contributed by atoms with Gasteiger partial charge < -0.3 is 5.73 Å². The van der Waals surface area contributed by atoms with Gasteiger partial charge in [-0.2, -0.15) is 5.10 Å². The van der Waals surface area contributed by atoms with Crippen molar-refractivity contribution in [1.82, 2.24) is 5.43 Å². The summed E-state index contributed by atoms with van der Waals surface area (Å²) in [6, 6.07) is 1.82. The molecule has 3 nitrogen and oxygen atoms in total. The summed E-state index contributed by atoms with van der Waals surface area (Å²) in [6.07, 6.45) is 0. The first-order valence-corrected chi connectivity index (χ1v) is 5.11. The van der Waals surface area contributed by atoms with Gasteiger partial charge in [0, 0.05) is 0 Å². The second-order valence-corrected chi connectivity index (χ2v) is 4.03. The molecule has 0 aliphatic rings. The van der Waals surface area contributed by atoms with E-state index in [2.05, 4.69) is 22.7 Å². The van der Waals surface area contributed by atoms with Crippen LogP contribution in [0.1, 0.15) is 11.8 Å². The smallest absolute Gasteiger partial charge is 0.184 e. The van der Waals surface area contributed by atoms with E-state index in [1.807, 2.05) is 18.4 Å². The molecule has 0 aliphatic carbocycles. The van der Waals surface area contributed by atoms with Crippen LogP contribution in [0.4, 0.5) is 0 Å². The van der Waals surface area contributed by atoms with Gasteiger partial charge in [0.15, 0.2) is 5.11 Å². The van der Waals surface area contributed by atoms with Crippen molar-refractivity contribution >= 4 is 46.0 Å². The summed E-state index contributed by atoms with van der Waals surface area (Å²) in [5, 5.41) is 6.69. The van der Waals surface area contributed by atoms with Crippen LogP contribution in [-0.2, 0) is 0 Å². The molecule has 1 rings (SSSR count). The number of halogens is 1. The predicted molar refractivity (Wildman–Crippen MR) is 61.5 cm³/mol. The van der Waals surface area contributed by atoms with E-state index in [4.69, 9.17) is 17.3 Å². The maximum absolute atomic E-state index is 5.89. The van der Waals surface area contributed by atoms with Crippen LogP contribution in [0, 0.1) is 0 Å². The minimum absolute atomic E-state index is 0.145. The molecule has 3 N–H and O–H groups in total. The van der Waals surface area contributed by atoms with Crippen molar-refractivity contribution < 1.29 is 0 Å². The van der Waals surface area contributed by atoms with Crippen molar-refractivity contribution in [1.29, 1.82) is 0 Å². The molecule has 0 atom stereocenters. The Balaban J connectivity index is 2.78. The maximum Gasteiger partial charge on any atom is 0.184 e. The Labute approximate surface area is 90.6 Å². The first-order valence-electron chi connectivity index (χ1n) is 3.44. The van der Waals surface area contributed by atoms with Crippen LogP contribution >= 0.6 is 35.2 Å². The molecule has 0 radical (unpaired) electrons. The Morgan fingerprint density at radius 3 is 2.92 bits per heavy atom. The van der Waals surface area contributed by atoms with Crippen LogP contribution in [0.3, 0.4) is 0 Å². The van der Waals surface area contributed by atoms with E-state index in [-0.39, 0.29) is 5.11 Å². The molecule has 6 heteroatoms. The van der Waals surface area contributed by atoms with Gasteiger partial charge in [0.05, 0.1) is 15.6 Å². The summed E-state index contributed by atoms with van der Waals surface area (Å²) in [5.74, 6) is 0. The Hall–Kier alpha value is -0.650. The lowest BCUT2D eigenvalue weighted by Crippen LogP contribution is -2.25. The zero-order valence-corrected chi connectivity index (χ0v) is 9.26. The quantitative estimate of drug-likeness (QED) is 0.467. The Bertz CT molecular complexity index is 345. The summed E-state index contributed by atoms with van der Waals surface area (Å²) in [6.45, 7) is 1.84. The molecule has 0 saturated heterocycles. The van der Waals surface area contributed by atoms with Crippen LogP contribution in [0.5, 0.6) is 0 Å². The number of nitrogens with one attached hydrogen (secondary N) is 1. The standard InChI is InChI=1S/C7H8ClN3S2/c1-4(10-11-7(9)12)6-5(8)2-3-13-6/h2-3H,1H3,(H3,9,11,12)/b10-4+. The molecular formula is C7H8ClN3S2. The third-order valence-electron chi connectivity index (χ3n) is 1.28. The average Bonchev–Trinajstić information content (AvgIpc) is 2.47. The maximum atomic E-state index is 5.89. The van der Waals surface area contributed by atoms with E-state index in [0.29, 0.717) is 5.02 Å². The Kier molecular flexibility index (Phi) is 3.65. The summed E-state index contributed by atoms with van der Waals surface area (Å²) >= 11 is 12.0. The summed E-state index contributed by atoms with van der Waals surface area (Å²) < 4.78 is 0. The SMILES string of the molecule is C/C(=N\NC(N)=S)c1sccc1Cl. The number of thiocarbonyl (C=S) groups is 1. The van der Waals surface area contributed by atoms with Gasteiger partial charge >= 0.3 is 0 Å². The van der Waals surface area contributed by atoms with E-state index in [1.54, 1.807) is 0 Å². The lowest BCUT2D eigenvalue weighted by molar-refractivity contribution is 1.03. The molecule has 1 aromatic heterocycles. The number of rotatable bonds is 2. The minimum atomic E-state index is 0.145. The highest BCUT2D eigenvalue weighted by atomic mass is 35.5. The van der Waals surface area contributed by atoms with Crippen molar-refractivity contribution in [2.75, 3.05) is 0 Å². The average molecular weight is 234 g/mol. The van der Waals surface area contributed by atoms with Crippen molar-refractivity contribution in [3.63, 3.8) is 0 Å². The van der Waals surface area contributed by atoms with Gasteiger partial charge in [0.25, 0.3) is 0 Å². The highest BCUT2D eigenvalue weighted by Crippen LogP contribution is 2.22. The lowest BCUT2D eigenvalue weighted by Gasteiger charge is -1.98. The largest absolute Gasteiger partial charge is 0.375 e. The van der Waals surface area contributed by atoms with Crippen LogP contribution < -0.4 is 11.2 Å². The van der Waals surface area contributed by atoms with Crippen LogP contribution in [0.2, 0.25) is 5.02 Å². The van der Waals surface area contributed by atoms with Gasteiger partial charge in [-0.1, -0.05) is 11.6 Å². The van der Waals surface area contributed by atoms with Gasteiger partial charge in [-0.15, -0.1) is 11.3 Å². The molecule has 1 heterocycles. The second kappa shape index (κ2) is 4.55. The van der Waals surface area contributed by atoms with Gasteiger partial charge in [-0.05, 0) is 30.6 Å². The van der Waals surface area contributed by atoms with Crippen molar-refractivity contribution in [3.8, 4) is 0 Å². The van der Waals surface area contributed by atoms with Gasteiger partial charge in [-0.3, -0.25) is 5.43 Å². The molecule has 0 fully saturated rings. The Morgan fingerprint density at radius 1 is 1.77 bits per heavy atom. The highest BCUT2D eigenvalue weighted by Gasteiger charge is 2.04. The number of nitrogens with zero attached hydrogens (tertiary/aromatic N) is 1. The number of hydrogen-bond acceptors (Lipinski definition) is 3. The molecule has 13 heavy (non-hydrogen) atoms. The molecule has 1 aromatic rings. The van der Waals surface area contributed by atoms with E-state index in [1.165, 1.54) is 11.3 Å². The molecule has 0 saturated carbocycles. The molecule has 0 bridgehead atoms.